The van der Waals surface area contributed by atoms with Crippen molar-refractivity contribution in [2.75, 3.05) is 26.7 Å². The molecule has 4 heteroatoms. The molecule has 2 unspecified atom stereocenters. The van der Waals surface area contributed by atoms with Gasteiger partial charge in [-0.2, -0.15) is 0 Å². The molecule has 2 rings (SSSR count). The zero-order valence-corrected chi connectivity index (χ0v) is 11.6. The molecule has 2 fully saturated rings. The van der Waals surface area contributed by atoms with E-state index in [9.17, 15) is 4.79 Å². The third-order valence-corrected chi connectivity index (χ3v) is 4.81. The number of piperidine rings is 2. The van der Waals surface area contributed by atoms with Gasteiger partial charge in [-0.1, -0.05) is 0 Å². The van der Waals surface area contributed by atoms with Gasteiger partial charge in [-0.05, 0) is 65.2 Å². The summed E-state index contributed by atoms with van der Waals surface area (Å²) in [4.78, 5) is 15.7. The maximum absolute atomic E-state index is 10.7. The van der Waals surface area contributed by atoms with Crippen molar-refractivity contribution >= 4 is 5.97 Å². The molecule has 18 heavy (non-hydrogen) atoms. The maximum atomic E-state index is 10.7. The van der Waals surface area contributed by atoms with Gasteiger partial charge >= 0.3 is 5.97 Å². The van der Waals surface area contributed by atoms with Gasteiger partial charge in [0.25, 0.3) is 0 Å². The number of nitrogens with zero attached hydrogens (tertiary/aromatic N) is 2. The highest BCUT2D eigenvalue weighted by atomic mass is 16.4. The van der Waals surface area contributed by atoms with Crippen LogP contribution in [0, 0.1) is 5.92 Å². The summed E-state index contributed by atoms with van der Waals surface area (Å²) < 4.78 is 0. The Labute approximate surface area is 110 Å². The summed E-state index contributed by atoms with van der Waals surface area (Å²) in [7, 11) is 2.21. The van der Waals surface area contributed by atoms with E-state index in [2.05, 4.69) is 23.8 Å². The number of carbonyl (C=O) groups is 1. The number of hydrogen-bond donors (Lipinski definition) is 1. The van der Waals surface area contributed by atoms with Gasteiger partial charge in [0, 0.05) is 18.5 Å². The maximum Gasteiger partial charge on any atom is 0.303 e. The summed E-state index contributed by atoms with van der Waals surface area (Å²) in [5.74, 6) is -0.233. The molecular formula is C14H26N2O2. The van der Waals surface area contributed by atoms with E-state index >= 15 is 0 Å². The summed E-state index contributed by atoms with van der Waals surface area (Å²) in [5.41, 5.74) is 0. The lowest BCUT2D eigenvalue weighted by Crippen LogP contribution is -2.49. The molecule has 2 saturated heterocycles. The third kappa shape index (κ3) is 3.45. The lowest BCUT2D eigenvalue weighted by molar-refractivity contribution is -0.138. The Morgan fingerprint density at radius 3 is 2.44 bits per heavy atom. The molecule has 0 spiro atoms. The van der Waals surface area contributed by atoms with E-state index in [1.54, 1.807) is 0 Å². The fourth-order valence-electron chi connectivity index (χ4n) is 3.37. The standard InChI is InChI=1S/C14H26N2O2/c1-11-9-13(5-6-15(11)2)16-7-3-12(4-8-16)10-14(17)18/h11-13H,3-10H2,1-2H3,(H,17,18). The van der Waals surface area contributed by atoms with Crippen LogP contribution in [-0.4, -0.2) is 59.6 Å². The van der Waals surface area contributed by atoms with Crippen LogP contribution in [0.3, 0.4) is 0 Å². The number of aliphatic carboxylic acids is 1. The van der Waals surface area contributed by atoms with Gasteiger partial charge in [0.15, 0.2) is 0 Å². The van der Waals surface area contributed by atoms with Crippen LogP contribution >= 0.6 is 0 Å². The first-order valence-electron chi connectivity index (χ1n) is 7.22. The van der Waals surface area contributed by atoms with Crippen molar-refractivity contribution in [3.63, 3.8) is 0 Å². The summed E-state index contributed by atoms with van der Waals surface area (Å²) in [6.45, 7) is 5.70. The minimum Gasteiger partial charge on any atom is -0.481 e. The third-order valence-electron chi connectivity index (χ3n) is 4.81. The van der Waals surface area contributed by atoms with Crippen LogP contribution in [-0.2, 0) is 4.79 Å². The van der Waals surface area contributed by atoms with Gasteiger partial charge in [0.05, 0.1) is 0 Å². The Balaban J connectivity index is 1.77. The van der Waals surface area contributed by atoms with Gasteiger partial charge in [0.2, 0.25) is 0 Å². The number of carboxylic acid groups (broad SMARTS) is 1. The fourth-order valence-corrected chi connectivity index (χ4v) is 3.37. The highest BCUT2D eigenvalue weighted by Crippen LogP contribution is 2.27. The Morgan fingerprint density at radius 2 is 1.89 bits per heavy atom. The molecule has 0 aromatic heterocycles. The van der Waals surface area contributed by atoms with Gasteiger partial charge in [-0.25, -0.2) is 0 Å². The van der Waals surface area contributed by atoms with Crippen LogP contribution in [0.15, 0.2) is 0 Å². The van der Waals surface area contributed by atoms with Gasteiger partial charge in [-0.3, -0.25) is 4.79 Å². The number of rotatable bonds is 3. The molecule has 0 bridgehead atoms. The van der Waals surface area contributed by atoms with E-state index in [4.69, 9.17) is 5.11 Å². The summed E-state index contributed by atoms with van der Waals surface area (Å²) >= 11 is 0. The van der Waals surface area contributed by atoms with Crippen molar-refractivity contribution in [1.82, 2.24) is 9.80 Å². The predicted octanol–water partition coefficient (Wildman–Crippen LogP) is 1.66. The monoisotopic (exact) mass is 254 g/mol. The first kappa shape index (κ1) is 13.8. The lowest BCUT2D eigenvalue weighted by Gasteiger charge is -2.43. The summed E-state index contributed by atoms with van der Waals surface area (Å²) in [6, 6.07) is 1.41. The summed E-state index contributed by atoms with van der Waals surface area (Å²) in [5, 5.41) is 8.83. The molecule has 104 valence electrons. The topological polar surface area (TPSA) is 43.8 Å². The highest BCUT2D eigenvalue weighted by molar-refractivity contribution is 5.67. The summed E-state index contributed by atoms with van der Waals surface area (Å²) in [6.07, 6.45) is 5.02. The highest BCUT2D eigenvalue weighted by Gasteiger charge is 2.30. The van der Waals surface area contributed by atoms with E-state index in [-0.39, 0.29) is 0 Å². The molecule has 1 N–H and O–H groups in total. The van der Waals surface area contributed by atoms with Gasteiger partial charge < -0.3 is 14.9 Å². The Hall–Kier alpha value is -0.610. The fraction of sp³-hybridized carbons (Fsp3) is 0.929. The number of carboxylic acids is 1. The van der Waals surface area contributed by atoms with E-state index in [0.717, 1.165) is 32.0 Å². The second kappa shape index (κ2) is 6.02. The quantitative estimate of drug-likeness (QED) is 0.832. The average molecular weight is 254 g/mol. The minimum absolute atomic E-state index is 0.359. The van der Waals surface area contributed by atoms with E-state index in [1.807, 2.05) is 0 Å². The zero-order valence-electron chi connectivity index (χ0n) is 11.6. The van der Waals surface area contributed by atoms with Gasteiger partial charge in [-0.15, -0.1) is 0 Å². The second-order valence-corrected chi connectivity index (χ2v) is 6.09. The normalized spacial score (nSPS) is 32.6. The SMILES string of the molecule is CC1CC(N2CCC(CC(=O)O)CC2)CCN1C. The van der Waals surface area contributed by atoms with E-state index in [1.165, 1.54) is 19.4 Å². The lowest BCUT2D eigenvalue weighted by atomic mass is 9.90. The molecule has 4 nitrogen and oxygen atoms in total. The predicted molar refractivity (Wildman–Crippen MR) is 71.7 cm³/mol. The van der Waals surface area contributed by atoms with Crippen LogP contribution in [0.25, 0.3) is 0 Å². The second-order valence-electron chi connectivity index (χ2n) is 6.09. The molecule has 2 aliphatic heterocycles. The van der Waals surface area contributed by atoms with Crippen molar-refractivity contribution in [3.8, 4) is 0 Å². The molecule has 2 aliphatic rings. The average Bonchev–Trinajstić information content (AvgIpc) is 2.33. The van der Waals surface area contributed by atoms with Crippen molar-refractivity contribution < 1.29 is 9.90 Å². The molecule has 2 heterocycles. The van der Waals surface area contributed by atoms with Crippen LogP contribution in [0.1, 0.15) is 39.0 Å². The molecule has 0 aromatic carbocycles. The van der Waals surface area contributed by atoms with E-state index in [0.29, 0.717) is 18.4 Å². The molecule has 0 radical (unpaired) electrons. The Morgan fingerprint density at radius 1 is 1.22 bits per heavy atom. The van der Waals surface area contributed by atoms with Crippen molar-refractivity contribution in [2.45, 2.75) is 51.1 Å². The van der Waals surface area contributed by atoms with E-state index < -0.39 is 5.97 Å². The molecule has 0 aliphatic carbocycles. The molecule has 0 amide bonds. The van der Waals surface area contributed by atoms with Crippen molar-refractivity contribution in [2.24, 2.45) is 5.92 Å². The zero-order chi connectivity index (χ0) is 13.1. The molecule has 0 aromatic rings. The largest absolute Gasteiger partial charge is 0.481 e. The van der Waals surface area contributed by atoms with Gasteiger partial charge in [0.1, 0.15) is 0 Å². The minimum atomic E-state index is -0.638. The molecule has 0 saturated carbocycles. The molecular weight excluding hydrogens is 228 g/mol. The Bertz CT molecular complexity index is 288. The number of likely N-dealkylation sites (tertiary alicyclic amines) is 2. The molecule has 2 atom stereocenters. The van der Waals surface area contributed by atoms with Crippen molar-refractivity contribution in [1.29, 1.82) is 0 Å². The smallest absolute Gasteiger partial charge is 0.303 e. The van der Waals surface area contributed by atoms with Crippen molar-refractivity contribution in [3.05, 3.63) is 0 Å². The van der Waals surface area contributed by atoms with Crippen LogP contribution in [0.5, 0.6) is 0 Å². The Kier molecular flexibility index (Phi) is 4.62. The first-order valence-corrected chi connectivity index (χ1v) is 7.22. The van der Waals surface area contributed by atoms with Crippen LogP contribution < -0.4 is 0 Å². The van der Waals surface area contributed by atoms with Crippen LogP contribution in [0.4, 0.5) is 0 Å². The number of hydrogen-bond acceptors (Lipinski definition) is 3. The first-order chi connectivity index (χ1) is 8.56. The van der Waals surface area contributed by atoms with Crippen LogP contribution in [0.2, 0.25) is 0 Å².